The summed E-state index contributed by atoms with van der Waals surface area (Å²) in [7, 11) is 0. The fraction of sp³-hybridized carbons (Fsp3) is 0.889. The molecule has 0 aromatic rings. The molecular weight excluding hydrogens is 274 g/mol. The summed E-state index contributed by atoms with van der Waals surface area (Å²) in [4.78, 5) is 10.6. The predicted octanol–water partition coefficient (Wildman–Crippen LogP) is -3.09. The number of carbonyl (C=O) groups is 1. The van der Waals surface area contributed by atoms with Gasteiger partial charge in [-0.15, -0.1) is 0 Å². The van der Waals surface area contributed by atoms with Gasteiger partial charge in [0.05, 0.1) is 6.61 Å². The van der Waals surface area contributed by atoms with Crippen LogP contribution in [0.25, 0.3) is 0 Å². The molecule has 0 radical (unpaired) electrons. The number of carboxylic acid groups (broad SMARTS) is 1. The van der Waals surface area contributed by atoms with Gasteiger partial charge in [0.25, 0.3) is 0 Å². The Morgan fingerprint density at radius 1 is 1.32 bits per heavy atom. The number of hydrogen-bond acceptors (Lipinski definition) is 7. The highest BCUT2D eigenvalue weighted by Gasteiger charge is 2.62. The summed E-state index contributed by atoms with van der Waals surface area (Å²) in [5.74, 6) is -6.39. The highest BCUT2D eigenvalue weighted by Crippen LogP contribution is 2.35. The van der Waals surface area contributed by atoms with Crippen LogP contribution in [-0.4, -0.2) is 85.8 Å². The van der Waals surface area contributed by atoms with E-state index < -0.39 is 55.1 Å². The van der Waals surface area contributed by atoms with E-state index in [9.17, 15) is 28.9 Å². The van der Waals surface area contributed by atoms with Crippen LogP contribution < -0.4 is 0 Å². The molecular formula is C9H14F2O8. The van der Waals surface area contributed by atoms with Crippen molar-refractivity contribution in [2.45, 2.75) is 42.5 Å². The second-order valence-corrected chi connectivity index (χ2v) is 4.16. The first-order chi connectivity index (χ1) is 8.66. The number of hydrogen-bond donors (Lipinski definition) is 6. The minimum Gasteiger partial charge on any atom is -0.477 e. The molecule has 0 aromatic heterocycles. The van der Waals surface area contributed by atoms with Gasteiger partial charge >= 0.3 is 11.8 Å². The molecule has 0 spiro atoms. The molecule has 19 heavy (non-hydrogen) atoms. The number of aliphatic carboxylic acids is 1. The molecule has 1 aliphatic heterocycles. The molecule has 0 amide bonds. The monoisotopic (exact) mass is 288 g/mol. The molecule has 10 heteroatoms. The Morgan fingerprint density at radius 3 is 2.26 bits per heavy atom. The van der Waals surface area contributed by atoms with Gasteiger partial charge in [-0.2, -0.15) is 4.39 Å². The van der Waals surface area contributed by atoms with Crippen molar-refractivity contribution in [1.82, 2.24) is 0 Å². The van der Waals surface area contributed by atoms with Gasteiger partial charge in [-0.25, -0.2) is 9.18 Å². The Bertz CT molecular complexity index is 338. The summed E-state index contributed by atoms with van der Waals surface area (Å²) >= 11 is 0. The van der Waals surface area contributed by atoms with Crippen molar-refractivity contribution in [3.63, 3.8) is 0 Å². The second-order valence-electron chi connectivity index (χ2n) is 4.16. The van der Waals surface area contributed by atoms with Gasteiger partial charge in [-0.3, -0.25) is 0 Å². The zero-order valence-electron chi connectivity index (χ0n) is 9.43. The van der Waals surface area contributed by atoms with Gasteiger partial charge in [-0.1, -0.05) is 0 Å². The summed E-state index contributed by atoms with van der Waals surface area (Å²) < 4.78 is 31.3. The largest absolute Gasteiger partial charge is 0.477 e. The van der Waals surface area contributed by atoms with Gasteiger partial charge in [0.2, 0.25) is 0 Å². The van der Waals surface area contributed by atoms with E-state index in [1.807, 2.05) is 0 Å². The zero-order chi connectivity index (χ0) is 15.0. The molecule has 0 saturated carbocycles. The molecule has 1 rings (SSSR count). The number of alkyl halides is 2. The lowest BCUT2D eigenvalue weighted by Crippen LogP contribution is -2.67. The van der Waals surface area contributed by atoms with Crippen LogP contribution in [0, 0.1) is 0 Å². The molecule has 1 heterocycles. The molecule has 7 atom stereocenters. The van der Waals surface area contributed by atoms with Gasteiger partial charge in [-0.05, 0) is 0 Å². The molecule has 1 fully saturated rings. The molecule has 6 N–H and O–H groups in total. The number of aliphatic hydroxyl groups excluding tert-OH is 5. The van der Waals surface area contributed by atoms with Gasteiger partial charge in [0, 0.05) is 0 Å². The van der Waals surface area contributed by atoms with Crippen LogP contribution in [0.3, 0.4) is 0 Å². The maximum absolute atomic E-state index is 13.8. The summed E-state index contributed by atoms with van der Waals surface area (Å²) in [5.41, 5.74) is 0. The van der Waals surface area contributed by atoms with E-state index in [1.165, 1.54) is 0 Å². The maximum Gasteiger partial charge on any atom is 0.372 e. The lowest BCUT2D eigenvalue weighted by atomic mass is 9.90. The lowest BCUT2D eigenvalue weighted by Gasteiger charge is -2.43. The zero-order valence-corrected chi connectivity index (χ0v) is 9.43. The molecule has 112 valence electrons. The van der Waals surface area contributed by atoms with Crippen molar-refractivity contribution >= 4 is 5.97 Å². The second kappa shape index (κ2) is 5.61. The van der Waals surface area contributed by atoms with E-state index in [-0.39, 0.29) is 0 Å². The standard InChI is InChI=1S/C9H14F2O8/c10-7-5(16)4(15)6(3(14)2(13)1-12)19-9(7,11)8(17)18/h2-7,12-16H,1H2,(H,17,18)/t2-,3-,4-,5-,6+,7-,9-/m1/s1. The summed E-state index contributed by atoms with van der Waals surface area (Å²) in [5, 5.41) is 54.3. The van der Waals surface area contributed by atoms with Crippen molar-refractivity contribution in [3.8, 4) is 0 Å². The smallest absolute Gasteiger partial charge is 0.372 e. The van der Waals surface area contributed by atoms with E-state index in [2.05, 4.69) is 4.74 Å². The third kappa shape index (κ3) is 2.68. The van der Waals surface area contributed by atoms with E-state index in [0.717, 1.165) is 0 Å². The number of aliphatic hydroxyl groups is 5. The van der Waals surface area contributed by atoms with Crippen molar-refractivity contribution in [2.75, 3.05) is 6.61 Å². The minimum atomic E-state index is -3.99. The number of halogens is 2. The first-order valence-corrected chi connectivity index (χ1v) is 5.24. The predicted molar refractivity (Wildman–Crippen MR) is 52.4 cm³/mol. The van der Waals surface area contributed by atoms with Crippen LogP contribution in [-0.2, 0) is 9.53 Å². The Kier molecular flexibility index (Phi) is 4.76. The van der Waals surface area contributed by atoms with Gasteiger partial charge in [0.1, 0.15) is 30.5 Å². The minimum absolute atomic E-state index is 1.00. The third-order valence-corrected chi connectivity index (χ3v) is 2.86. The van der Waals surface area contributed by atoms with E-state index in [1.54, 1.807) is 0 Å². The van der Waals surface area contributed by atoms with E-state index >= 15 is 0 Å². The van der Waals surface area contributed by atoms with Crippen molar-refractivity contribution in [3.05, 3.63) is 0 Å². The third-order valence-electron chi connectivity index (χ3n) is 2.86. The highest BCUT2D eigenvalue weighted by atomic mass is 19.2. The average Bonchev–Trinajstić information content (AvgIpc) is 2.38. The van der Waals surface area contributed by atoms with Gasteiger partial charge in [0.15, 0.2) is 6.17 Å². The van der Waals surface area contributed by atoms with Crippen LogP contribution in [0.4, 0.5) is 8.78 Å². The van der Waals surface area contributed by atoms with E-state index in [0.29, 0.717) is 0 Å². The van der Waals surface area contributed by atoms with Crippen LogP contribution in [0.15, 0.2) is 0 Å². The number of rotatable bonds is 4. The molecule has 1 aliphatic rings. The lowest BCUT2D eigenvalue weighted by molar-refractivity contribution is -0.313. The number of ether oxygens (including phenoxy) is 1. The average molecular weight is 288 g/mol. The topological polar surface area (TPSA) is 148 Å². The molecule has 1 saturated heterocycles. The van der Waals surface area contributed by atoms with Crippen molar-refractivity contribution < 1.29 is 49.0 Å². The molecule has 0 aliphatic carbocycles. The van der Waals surface area contributed by atoms with E-state index in [4.69, 9.17) is 15.3 Å². The quantitative estimate of drug-likeness (QED) is 0.319. The SMILES string of the molecule is O=C(O)[C@]1(F)O[C@@H]([C@H](O)[C@H](O)CO)[C@H](O)[C@@H](O)[C@H]1F. The molecule has 8 nitrogen and oxygen atoms in total. The number of carboxylic acids is 1. The fourth-order valence-electron chi connectivity index (χ4n) is 1.69. The Hall–Kier alpha value is -0.910. The van der Waals surface area contributed by atoms with Gasteiger partial charge < -0.3 is 35.4 Å². The van der Waals surface area contributed by atoms with Crippen molar-refractivity contribution in [2.24, 2.45) is 0 Å². The first kappa shape index (κ1) is 16.1. The van der Waals surface area contributed by atoms with Crippen LogP contribution in [0.1, 0.15) is 0 Å². The molecule has 0 unspecified atom stereocenters. The highest BCUT2D eigenvalue weighted by molar-refractivity contribution is 5.76. The summed E-state index contributed by atoms with van der Waals surface area (Å²) in [6.07, 6.45) is -13.9. The first-order valence-electron chi connectivity index (χ1n) is 5.24. The van der Waals surface area contributed by atoms with Crippen LogP contribution in [0.5, 0.6) is 0 Å². The Labute approximate surface area is 105 Å². The van der Waals surface area contributed by atoms with Crippen molar-refractivity contribution in [1.29, 1.82) is 0 Å². The maximum atomic E-state index is 13.8. The summed E-state index contributed by atoms with van der Waals surface area (Å²) in [6.45, 7) is -1.00. The summed E-state index contributed by atoms with van der Waals surface area (Å²) in [6, 6.07) is 0. The van der Waals surface area contributed by atoms with Crippen LogP contribution >= 0.6 is 0 Å². The molecule has 0 bridgehead atoms. The Balaban J connectivity index is 3.04. The van der Waals surface area contributed by atoms with Crippen LogP contribution in [0.2, 0.25) is 0 Å². The molecule has 0 aromatic carbocycles. The normalized spacial score (nSPS) is 42.7. The Morgan fingerprint density at radius 2 is 1.84 bits per heavy atom. The fourth-order valence-corrected chi connectivity index (χ4v) is 1.69.